The van der Waals surface area contributed by atoms with Gasteiger partial charge in [0.05, 0.1) is 12.2 Å². The molecule has 1 amide bonds. The summed E-state index contributed by atoms with van der Waals surface area (Å²) in [4.78, 5) is 17.3. The Hall–Kier alpha value is -2.33. The molecule has 2 aromatic rings. The van der Waals surface area contributed by atoms with Gasteiger partial charge in [0, 0.05) is 32.7 Å². The van der Waals surface area contributed by atoms with Crippen LogP contribution in [0.25, 0.3) is 0 Å². The highest BCUT2D eigenvalue weighted by atomic mass is 16.5. The van der Waals surface area contributed by atoms with Gasteiger partial charge in [-0.25, -0.2) is 0 Å². The number of amides is 1. The van der Waals surface area contributed by atoms with Crippen LogP contribution < -0.4 is 4.74 Å². The molecule has 0 bridgehead atoms. The summed E-state index contributed by atoms with van der Waals surface area (Å²) in [6.45, 7) is 6.92. The van der Waals surface area contributed by atoms with Gasteiger partial charge in [0.2, 0.25) is 0 Å². The summed E-state index contributed by atoms with van der Waals surface area (Å²) in [7, 11) is 0. The lowest BCUT2D eigenvalue weighted by molar-refractivity contribution is 0.0757. The van der Waals surface area contributed by atoms with Crippen LogP contribution in [0.4, 0.5) is 0 Å². The van der Waals surface area contributed by atoms with Crippen LogP contribution in [-0.4, -0.2) is 48.5 Å². The highest BCUT2D eigenvalue weighted by molar-refractivity contribution is 5.97. The van der Waals surface area contributed by atoms with Gasteiger partial charge in [-0.05, 0) is 31.0 Å². The van der Waals surface area contributed by atoms with Crippen LogP contribution in [-0.2, 0) is 6.54 Å². The van der Waals surface area contributed by atoms with E-state index in [1.165, 1.54) is 5.56 Å². The van der Waals surface area contributed by atoms with Crippen LogP contribution in [0.5, 0.6) is 5.75 Å². The number of benzene rings is 2. The number of carbonyl (C=O) groups is 1. The fourth-order valence-electron chi connectivity index (χ4n) is 3.27. The molecule has 0 saturated carbocycles. The van der Waals surface area contributed by atoms with Crippen molar-refractivity contribution in [2.24, 2.45) is 0 Å². The minimum absolute atomic E-state index is 0.0746. The first-order valence-electron chi connectivity index (χ1n) is 9.05. The summed E-state index contributed by atoms with van der Waals surface area (Å²) in [5, 5.41) is 0. The molecule has 1 fully saturated rings. The molecule has 0 spiro atoms. The fraction of sp³-hybridized carbons (Fsp3) is 0.381. The Balaban J connectivity index is 1.64. The summed E-state index contributed by atoms with van der Waals surface area (Å²) in [6.07, 6.45) is 0.995. The van der Waals surface area contributed by atoms with Gasteiger partial charge in [0.15, 0.2) is 0 Å². The van der Waals surface area contributed by atoms with Crippen LogP contribution >= 0.6 is 0 Å². The average molecular weight is 338 g/mol. The van der Waals surface area contributed by atoms with E-state index in [2.05, 4.69) is 29.2 Å². The van der Waals surface area contributed by atoms with Gasteiger partial charge >= 0.3 is 0 Å². The number of hydrogen-bond donors (Lipinski definition) is 0. The van der Waals surface area contributed by atoms with E-state index in [9.17, 15) is 4.79 Å². The molecular weight excluding hydrogens is 312 g/mol. The van der Waals surface area contributed by atoms with Crippen LogP contribution in [0.1, 0.15) is 29.3 Å². The number of carbonyl (C=O) groups excluding carboxylic acids is 1. The van der Waals surface area contributed by atoms with Gasteiger partial charge in [0.25, 0.3) is 5.91 Å². The zero-order chi connectivity index (χ0) is 17.5. The molecule has 0 radical (unpaired) electrons. The topological polar surface area (TPSA) is 32.8 Å². The summed E-state index contributed by atoms with van der Waals surface area (Å²) in [5.41, 5.74) is 1.99. The van der Waals surface area contributed by atoms with E-state index in [1.807, 2.05) is 42.2 Å². The maximum atomic E-state index is 12.9. The van der Waals surface area contributed by atoms with Gasteiger partial charge in [-0.2, -0.15) is 0 Å². The highest BCUT2D eigenvalue weighted by Crippen LogP contribution is 2.21. The van der Waals surface area contributed by atoms with Crippen LogP contribution in [0.3, 0.4) is 0 Å². The minimum atomic E-state index is 0.0746. The van der Waals surface area contributed by atoms with E-state index in [1.54, 1.807) is 0 Å². The van der Waals surface area contributed by atoms with Gasteiger partial charge in [-0.1, -0.05) is 42.5 Å². The number of nitrogens with zero attached hydrogens (tertiary/aromatic N) is 2. The molecule has 0 N–H and O–H groups in total. The largest absolute Gasteiger partial charge is 0.493 e. The molecule has 0 aromatic heterocycles. The summed E-state index contributed by atoms with van der Waals surface area (Å²) in [5.74, 6) is 0.756. The van der Waals surface area contributed by atoms with Gasteiger partial charge in [0.1, 0.15) is 5.75 Å². The van der Waals surface area contributed by atoms with E-state index in [-0.39, 0.29) is 5.91 Å². The van der Waals surface area contributed by atoms with E-state index >= 15 is 0 Å². The molecule has 132 valence electrons. The third kappa shape index (κ3) is 4.60. The molecule has 1 aliphatic rings. The van der Waals surface area contributed by atoms with Gasteiger partial charge in [-0.3, -0.25) is 9.69 Å². The second-order valence-corrected chi connectivity index (χ2v) is 6.34. The lowest BCUT2D eigenvalue weighted by Gasteiger charge is -2.23. The molecule has 1 saturated heterocycles. The number of hydrogen-bond acceptors (Lipinski definition) is 3. The average Bonchev–Trinajstić information content (AvgIpc) is 2.88. The van der Waals surface area contributed by atoms with Crippen molar-refractivity contribution in [3.63, 3.8) is 0 Å². The van der Waals surface area contributed by atoms with Crippen molar-refractivity contribution in [3.8, 4) is 5.75 Å². The van der Waals surface area contributed by atoms with Gasteiger partial charge in [-0.15, -0.1) is 0 Å². The third-order valence-corrected chi connectivity index (χ3v) is 4.54. The first kappa shape index (κ1) is 17.5. The van der Waals surface area contributed by atoms with Gasteiger partial charge < -0.3 is 9.64 Å². The summed E-state index contributed by atoms with van der Waals surface area (Å²) >= 11 is 0. The third-order valence-electron chi connectivity index (χ3n) is 4.54. The lowest BCUT2D eigenvalue weighted by atomic mass is 10.1. The Bertz CT molecular complexity index is 687. The molecule has 1 heterocycles. The summed E-state index contributed by atoms with van der Waals surface area (Å²) in [6, 6.07) is 18.1. The molecule has 0 atom stereocenters. The fourth-order valence-corrected chi connectivity index (χ4v) is 3.27. The van der Waals surface area contributed by atoms with Crippen molar-refractivity contribution in [2.45, 2.75) is 19.9 Å². The second kappa shape index (κ2) is 8.67. The minimum Gasteiger partial charge on any atom is -0.493 e. The van der Waals surface area contributed by atoms with Crippen molar-refractivity contribution < 1.29 is 9.53 Å². The quantitative estimate of drug-likeness (QED) is 0.837. The SMILES string of the molecule is CCOc1ccccc1C(=O)N1CCCN(Cc2ccccc2)CC1. The van der Waals surface area contributed by atoms with Crippen molar-refractivity contribution in [1.29, 1.82) is 0 Å². The van der Waals surface area contributed by atoms with E-state index in [0.29, 0.717) is 17.9 Å². The molecule has 3 rings (SSSR count). The first-order valence-corrected chi connectivity index (χ1v) is 9.05. The Morgan fingerprint density at radius 3 is 2.52 bits per heavy atom. The van der Waals surface area contributed by atoms with E-state index in [0.717, 1.165) is 39.1 Å². The summed E-state index contributed by atoms with van der Waals surface area (Å²) < 4.78 is 5.62. The Morgan fingerprint density at radius 2 is 1.72 bits per heavy atom. The van der Waals surface area contributed by atoms with Crippen LogP contribution in [0.15, 0.2) is 54.6 Å². The van der Waals surface area contributed by atoms with Crippen molar-refractivity contribution in [1.82, 2.24) is 9.80 Å². The van der Waals surface area contributed by atoms with Crippen molar-refractivity contribution in [3.05, 3.63) is 65.7 Å². The first-order chi connectivity index (χ1) is 12.3. The Labute approximate surface area is 150 Å². The second-order valence-electron chi connectivity index (χ2n) is 6.34. The maximum absolute atomic E-state index is 12.9. The molecule has 1 aliphatic heterocycles. The van der Waals surface area contributed by atoms with E-state index < -0.39 is 0 Å². The lowest BCUT2D eigenvalue weighted by Crippen LogP contribution is -2.35. The van der Waals surface area contributed by atoms with Crippen molar-refractivity contribution in [2.75, 3.05) is 32.8 Å². The Morgan fingerprint density at radius 1 is 0.960 bits per heavy atom. The Kier molecular flexibility index (Phi) is 6.07. The van der Waals surface area contributed by atoms with Crippen LogP contribution in [0.2, 0.25) is 0 Å². The number of para-hydroxylation sites is 1. The monoisotopic (exact) mass is 338 g/mol. The number of ether oxygens (including phenoxy) is 1. The molecule has 0 unspecified atom stereocenters. The maximum Gasteiger partial charge on any atom is 0.257 e. The van der Waals surface area contributed by atoms with E-state index in [4.69, 9.17) is 4.74 Å². The normalized spacial score (nSPS) is 15.6. The van der Waals surface area contributed by atoms with Crippen LogP contribution in [0, 0.1) is 0 Å². The highest BCUT2D eigenvalue weighted by Gasteiger charge is 2.22. The molecular formula is C21H26N2O2. The van der Waals surface area contributed by atoms with Crippen molar-refractivity contribution >= 4 is 5.91 Å². The molecule has 25 heavy (non-hydrogen) atoms. The number of rotatable bonds is 5. The predicted molar refractivity (Wildman–Crippen MR) is 99.9 cm³/mol. The molecule has 0 aliphatic carbocycles. The molecule has 2 aromatic carbocycles. The molecule has 4 nitrogen and oxygen atoms in total. The standard InChI is InChI=1S/C21H26N2O2/c1-2-25-20-12-7-6-11-19(20)21(24)23-14-8-13-22(15-16-23)17-18-9-4-3-5-10-18/h3-7,9-12H,2,8,13-17H2,1H3. The zero-order valence-electron chi connectivity index (χ0n) is 14.9. The molecule has 4 heteroatoms. The predicted octanol–water partition coefficient (Wildman–Crippen LogP) is 3.43. The smallest absolute Gasteiger partial charge is 0.257 e. The zero-order valence-corrected chi connectivity index (χ0v) is 14.9.